The van der Waals surface area contributed by atoms with Crippen LogP contribution in [0.15, 0.2) is 23.1 Å². The summed E-state index contributed by atoms with van der Waals surface area (Å²) in [6.45, 7) is 9.16. The van der Waals surface area contributed by atoms with Gasteiger partial charge in [-0.15, -0.1) is 0 Å². The summed E-state index contributed by atoms with van der Waals surface area (Å²) in [6, 6.07) is 3.47. The Labute approximate surface area is 186 Å². The van der Waals surface area contributed by atoms with Crippen LogP contribution in [0.1, 0.15) is 62.1 Å². The number of carbonyl (C=O) groups is 1. The van der Waals surface area contributed by atoms with Crippen molar-refractivity contribution in [2.75, 3.05) is 18.0 Å². The SMILES string of the molecule is CC(=O)c1cn2c(cc1=O)-c1cc(N3CC(F)(F)C3)c3c(c1C[C@H]2C(C)(C)C)C[C@H](C)O3. The van der Waals surface area contributed by atoms with Gasteiger partial charge in [-0.2, -0.15) is 0 Å². The van der Waals surface area contributed by atoms with Crippen LogP contribution in [0, 0.1) is 5.41 Å². The van der Waals surface area contributed by atoms with E-state index in [2.05, 4.69) is 20.8 Å². The number of hydrogen-bond donors (Lipinski definition) is 0. The van der Waals surface area contributed by atoms with E-state index in [1.807, 2.05) is 17.6 Å². The van der Waals surface area contributed by atoms with E-state index >= 15 is 0 Å². The third-order valence-electron chi connectivity index (χ3n) is 6.94. The molecule has 1 aromatic heterocycles. The molecule has 1 saturated heterocycles. The lowest BCUT2D eigenvalue weighted by atomic mass is 9.77. The summed E-state index contributed by atoms with van der Waals surface area (Å²) in [4.78, 5) is 26.5. The lowest BCUT2D eigenvalue weighted by molar-refractivity contribution is -0.0264. The second-order valence-electron chi connectivity index (χ2n) is 10.6. The molecule has 32 heavy (non-hydrogen) atoms. The Morgan fingerprint density at radius 1 is 1.16 bits per heavy atom. The van der Waals surface area contributed by atoms with E-state index in [4.69, 9.17) is 4.74 Å². The van der Waals surface area contributed by atoms with Gasteiger partial charge in [0.2, 0.25) is 0 Å². The van der Waals surface area contributed by atoms with E-state index < -0.39 is 5.92 Å². The van der Waals surface area contributed by atoms with Gasteiger partial charge in [0.25, 0.3) is 5.92 Å². The minimum Gasteiger partial charge on any atom is -0.488 e. The van der Waals surface area contributed by atoms with Crippen LogP contribution in [0.5, 0.6) is 5.75 Å². The highest BCUT2D eigenvalue weighted by atomic mass is 19.3. The zero-order valence-corrected chi connectivity index (χ0v) is 19.1. The zero-order chi connectivity index (χ0) is 23.2. The van der Waals surface area contributed by atoms with Crippen molar-refractivity contribution in [1.82, 2.24) is 4.57 Å². The summed E-state index contributed by atoms with van der Waals surface area (Å²) in [5.74, 6) is -2.26. The van der Waals surface area contributed by atoms with Crippen molar-refractivity contribution in [1.29, 1.82) is 0 Å². The first-order valence-electron chi connectivity index (χ1n) is 11.1. The number of ketones is 1. The van der Waals surface area contributed by atoms with Gasteiger partial charge in [-0.1, -0.05) is 20.8 Å². The molecular formula is C25H28F2N2O3. The predicted octanol–water partition coefficient (Wildman–Crippen LogP) is 4.64. The van der Waals surface area contributed by atoms with Crippen LogP contribution in [-0.4, -0.2) is 35.5 Å². The molecule has 1 fully saturated rings. The van der Waals surface area contributed by atoms with E-state index in [1.54, 1.807) is 11.1 Å². The molecule has 0 unspecified atom stereocenters. The lowest BCUT2D eigenvalue weighted by Crippen LogP contribution is -2.56. The molecule has 0 bridgehead atoms. The van der Waals surface area contributed by atoms with Gasteiger partial charge in [-0.3, -0.25) is 9.59 Å². The van der Waals surface area contributed by atoms with Gasteiger partial charge in [0, 0.05) is 35.9 Å². The minimum absolute atomic E-state index is 0.0305. The number of pyridine rings is 1. The number of alkyl halides is 2. The number of hydrogen-bond acceptors (Lipinski definition) is 4. The molecule has 4 heterocycles. The summed E-state index contributed by atoms with van der Waals surface area (Å²) in [5.41, 5.74) is 4.18. The van der Waals surface area contributed by atoms with Crippen LogP contribution in [0.25, 0.3) is 11.3 Å². The number of rotatable bonds is 2. The van der Waals surface area contributed by atoms with Crippen LogP contribution in [0.4, 0.5) is 14.5 Å². The van der Waals surface area contributed by atoms with E-state index in [1.165, 1.54) is 13.0 Å². The van der Waals surface area contributed by atoms with Crippen molar-refractivity contribution in [3.8, 4) is 17.0 Å². The fraction of sp³-hybridized carbons (Fsp3) is 0.520. The molecule has 0 radical (unpaired) electrons. The number of fused-ring (bicyclic) bond motifs is 5. The minimum atomic E-state index is -2.70. The number of anilines is 1. The fourth-order valence-corrected chi connectivity index (χ4v) is 5.30. The second-order valence-corrected chi connectivity index (χ2v) is 10.6. The van der Waals surface area contributed by atoms with Crippen LogP contribution < -0.4 is 15.1 Å². The Morgan fingerprint density at radius 3 is 2.44 bits per heavy atom. The first kappa shape index (κ1) is 21.2. The Hall–Kier alpha value is -2.70. The average Bonchev–Trinajstić information content (AvgIpc) is 3.04. The Bertz CT molecular complexity index is 1200. The number of nitrogens with zero attached hydrogens (tertiary/aromatic N) is 2. The van der Waals surface area contributed by atoms with Crippen molar-refractivity contribution in [3.05, 3.63) is 45.2 Å². The molecule has 7 heteroatoms. The number of ether oxygens (including phenoxy) is 1. The lowest BCUT2D eigenvalue weighted by Gasteiger charge is -2.43. The third kappa shape index (κ3) is 3.16. The van der Waals surface area contributed by atoms with Gasteiger partial charge in [0.15, 0.2) is 11.2 Å². The molecule has 0 amide bonds. The molecule has 1 aromatic carbocycles. The van der Waals surface area contributed by atoms with Gasteiger partial charge < -0.3 is 14.2 Å². The van der Waals surface area contributed by atoms with Crippen LogP contribution in [-0.2, 0) is 12.8 Å². The highest BCUT2D eigenvalue weighted by molar-refractivity contribution is 5.94. The standard InChI is InChI=1S/C25H28F2N2O3/c1-13-6-17-15-8-22(24(3,4)5)29-10-18(14(2)30)21(31)9-19(29)16(15)7-20(23(17)32-13)28-11-25(26,27)12-28/h7,9-10,13,22H,6,8,11-12H2,1-5H3/t13-,22-/m0/s1. The quantitative estimate of drug-likeness (QED) is 0.636. The molecular weight excluding hydrogens is 414 g/mol. The van der Waals surface area contributed by atoms with Crippen molar-refractivity contribution in [2.24, 2.45) is 5.41 Å². The van der Waals surface area contributed by atoms with Crippen LogP contribution in [0.3, 0.4) is 0 Å². The van der Waals surface area contributed by atoms with Gasteiger partial charge >= 0.3 is 0 Å². The molecule has 2 aromatic rings. The molecule has 3 aliphatic heterocycles. The topological polar surface area (TPSA) is 51.5 Å². The van der Waals surface area contributed by atoms with Crippen LogP contribution in [0.2, 0.25) is 0 Å². The Morgan fingerprint density at radius 2 is 1.84 bits per heavy atom. The molecule has 0 saturated carbocycles. The summed E-state index contributed by atoms with van der Waals surface area (Å²) in [5, 5.41) is 0. The second kappa shape index (κ2) is 6.65. The van der Waals surface area contributed by atoms with Crippen LogP contribution >= 0.6 is 0 Å². The maximum absolute atomic E-state index is 13.7. The third-order valence-corrected chi connectivity index (χ3v) is 6.94. The van der Waals surface area contributed by atoms with E-state index in [0.29, 0.717) is 17.9 Å². The summed E-state index contributed by atoms with van der Waals surface area (Å²) in [6.07, 6.45) is 3.08. The normalized spacial score (nSPS) is 23.0. The zero-order valence-electron chi connectivity index (χ0n) is 19.1. The fourth-order valence-electron chi connectivity index (χ4n) is 5.30. The van der Waals surface area contributed by atoms with Gasteiger partial charge in [-0.05, 0) is 37.3 Å². The highest BCUT2D eigenvalue weighted by Crippen LogP contribution is 2.51. The van der Waals surface area contributed by atoms with Gasteiger partial charge in [0.05, 0.1) is 30.0 Å². The Kier molecular flexibility index (Phi) is 4.40. The molecule has 0 spiro atoms. The van der Waals surface area contributed by atoms with Crippen molar-refractivity contribution < 1.29 is 18.3 Å². The smallest absolute Gasteiger partial charge is 0.282 e. The van der Waals surface area contributed by atoms with Crippen molar-refractivity contribution >= 4 is 11.5 Å². The number of halogens is 2. The molecule has 2 atom stereocenters. The number of carbonyl (C=O) groups excluding carboxylic acids is 1. The number of Topliss-reactive ketones (excluding diaryl/α,β-unsaturated/α-hetero) is 1. The average molecular weight is 443 g/mol. The highest BCUT2D eigenvalue weighted by Gasteiger charge is 2.46. The van der Waals surface area contributed by atoms with E-state index in [0.717, 1.165) is 28.8 Å². The van der Waals surface area contributed by atoms with Crippen molar-refractivity contribution in [2.45, 2.75) is 65.5 Å². The summed E-state index contributed by atoms with van der Waals surface area (Å²) >= 11 is 0. The maximum Gasteiger partial charge on any atom is 0.282 e. The van der Waals surface area contributed by atoms with E-state index in [9.17, 15) is 18.4 Å². The first-order chi connectivity index (χ1) is 14.9. The molecule has 170 valence electrons. The molecule has 5 nitrogen and oxygen atoms in total. The van der Waals surface area contributed by atoms with Crippen molar-refractivity contribution in [3.63, 3.8) is 0 Å². The maximum atomic E-state index is 13.7. The first-order valence-corrected chi connectivity index (χ1v) is 11.1. The van der Waals surface area contributed by atoms with Gasteiger partial charge in [-0.25, -0.2) is 8.78 Å². The number of benzene rings is 1. The monoisotopic (exact) mass is 442 g/mol. The Balaban J connectivity index is 1.76. The molecule has 0 N–H and O–H groups in total. The largest absolute Gasteiger partial charge is 0.488 e. The van der Waals surface area contributed by atoms with Gasteiger partial charge in [0.1, 0.15) is 11.9 Å². The summed E-state index contributed by atoms with van der Waals surface area (Å²) in [7, 11) is 0. The number of aromatic nitrogens is 1. The molecule has 0 aliphatic carbocycles. The summed E-state index contributed by atoms with van der Waals surface area (Å²) < 4.78 is 35.5. The molecule has 5 rings (SSSR count). The predicted molar refractivity (Wildman–Crippen MR) is 119 cm³/mol. The van der Waals surface area contributed by atoms with E-state index in [-0.39, 0.29) is 47.4 Å². The molecule has 3 aliphatic rings.